The minimum absolute atomic E-state index is 0.0290. The molecule has 0 radical (unpaired) electrons. The Bertz CT molecular complexity index is 832. The second-order valence-corrected chi connectivity index (χ2v) is 8.61. The van der Waals surface area contributed by atoms with Crippen LogP contribution in [0, 0.1) is 17.1 Å². The molecule has 1 aromatic carbocycles. The third kappa shape index (κ3) is 3.09. The van der Waals surface area contributed by atoms with Crippen molar-refractivity contribution in [2.75, 3.05) is 16.4 Å². The van der Waals surface area contributed by atoms with Gasteiger partial charge in [0.1, 0.15) is 12.2 Å². The standard InChI is InChI=1S/C14H12FN3O3S2/c15-9-3-1-2-4-10(9)18-11-7-23(20,21)8-12(11)22-14(18)17-13(19)5-6-16/h1-4,11-12H,5,7-8H2/t11-,12+/m0/s1. The lowest BCUT2D eigenvalue weighted by Gasteiger charge is -2.24. The molecule has 0 unspecified atom stereocenters. The van der Waals surface area contributed by atoms with Crippen molar-refractivity contribution in [3.63, 3.8) is 0 Å². The zero-order chi connectivity index (χ0) is 16.6. The quantitative estimate of drug-likeness (QED) is 0.797. The number of para-hydroxylation sites is 1. The van der Waals surface area contributed by atoms with Crippen molar-refractivity contribution in [3.05, 3.63) is 30.1 Å². The zero-order valence-corrected chi connectivity index (χ0v) is 13.5. The number of anilines is 1. The fourth-order valence-corrected chi connectivity index (χ4v) is 6.63. The number of hydrogen-bond donors (Lipinski definition) is 0. The van der Waals surface area contributed by atoms with Crippen LogP contribution >= 0.6 is 11.8 Å². The Labute approximate surface area is 136 Å². The number of amidine groups is 1. The predicted molar refractivity (Wildman–Crippen MR) is 85.4 cm³/mol. The van der Waals surface area contributed by atoms with Gasteiger partial charge in [0, 0.05) is 5.25 Å². The minimum atomic E-state index is -3.20. The Morgan fingerprint density at radius 3 is 2.87 bits per heavy atom. The van der Waals surface area contributed by atoms with E-state index in [9.17, 15) is 17.6 Å². The molecule has 2 fully saturated rings. The molecule has 0 aliphatic carbocycles. The highest BCUT2D eigenvalue weighted by Crippen LogP contribution is 2.41. The largest absolute Gasteiger partial charge is 0.313 e. The zero-order valence-electron chi connectivity index (χ0n) is 11.8. The van der Waals surface area contributed by atoms with Gasteiger partial charge in [-0.2, -0.15) is 10.3 Å². The summed E-state index contributed by atoms with van der Waals surface area (Å²) in [6.45, 7) is 0. The summed E-state index contributed by atoms with van der Waals surface area (Å²) in [5.41, 5.74) is 0.188. The molecule has 2 aliphatic heterocycles. The second kappa shape index (κ2) is 5.94. The molecular weight excluding hydrogens is 341 g/mol. The van der Waals surface area contributed by atoms with Crippen LogP contribution in [-0.4, -0.2) is 42.3 Å². The van der Waals surface area contributed by atoms with E-state index >= 15 is 0 Å². The minimum Gasteiger partial charge on any atom is -0.313 e. The number of rotatable bonds is 2. The molecule has 2 aliphatic rings. The second-order valence-electron chi connectivity index (χ2n) is 5.24. The van der Waals surface area contributed by atoms with Crippen molar-refractivity contribution in [1.82, 2.24) is 0 Å². The number of thioether (sulfide) groups is 1. The van der Waals surface area contributed by atoms with Crippen LogP contribution in [0.2, 0.25) is 0 Å². The van der Waals surface area contributed by atoms with E-state index in [2.05, 4.69) is 4.99 Å². The van der Waals surface area contributed by atoms with Crippen molar-refractivity contribution < 1.29 is 17.6 Å². The SMILES string of the molecule is N#CCC(=O)N=C1S[C@@H]2CS(=O)(=O)C[C@@H]2N1c1ccccc1F. The van der Waals surface area contributed by atoms with Crippen LogP contribution < -0.4 is 4.90 Å². The average Bonchev–Trinajstić information content (AvgIpc) is 2.91. The highest BCUT2D eigenvalue weighted by molar-refractivity contribution is 8.16. The molecule has 0 bridgehead atoms. The Balaban J connectivity index is 2.03. The van der Waals surface area contributed by atoms with E-state index in [0.717, 1.165) is 11.8 Å². The monoisotopic (exact) mass is 353 g/mol. The summed E-state index contributed by atoms with van der Waals surface area (Å²) < 4.78 is 37.9. The van der Waals surface area contributed by atoms with Gasteiger partial charge in [0.15, 0.2) is 15.0 Å². The maximum absolute atomic E-state index is 14.2. The summed E-state index contributed by atoms with van der Waals surface area (Å²) in [4.78, 5) is 17.0. The van der Waals surface area contributed by atoms with E-state index in [4.69, 9.17) is 5.26 Å². The van der Waals surface area contributed by atoms with Gasteiger partial charge in [0.05, 0.1) is 29.3 Å². The fourth-order valence-electron chi connectivity index (χ4n) is 2.71. The summed E-state index contributed by atoms with van der Waals surface area (Å²) in [6.07, 6.45) is -0.372. The van der Waals surface area contributed by atoms with Crippen molar-refractivity contribution in [3.8, 4) is 6.07 Å². The van der Waals surface area contributed by atoms with Gasteiger partial charge < -0.3 is 4.90 Å². The Hall–Kier alpha value is -1.92. The van der Waals surface area contributed by atoms with Gasteiger partial charge in [-0.05, 0) is 12.1 Å². The number of nitrogens with zero attached hydrogens (tertiary/aromatic N) is 3. The summed E-state index contributed by atoms with van der Waals surface area (Å²) in [5.74, 6) is -1.28. The highest BCUT2D eigenvalue weighted by Gasteiger charge is 2.49. The van der Waals surface area contributed by atoms with Gasteiger partial charge in [-0.15, -0.1) is 0 Å². The molecule has 23 heavy (non-hydrogen) atoms. The molecule has 0 aromatic heterocycles. The van der Waals surface area contributed by atoms with E-state index in [1.807, 2.05) is 0 Å². The number of halogens is 1. The third-order valence-electron chi connectivity index (χ3n) is 3.63. The number of fused-ring (bicyclic) bond motifs is 1. The predicted octanol–water partition coefficient (Wildman–Crippen LogP) is 1.34. The lowest BCUT2D eigenvalue weighted by Crippen LogP contribution is -2.38. The fraction of sp³-hybridized carbons (Fsp3) is 0.357. The molecule has 0 saturated carbocycles. The van der Waals surface area contributed by atoms with Gasteiger partial charge in [0.25, 0.3) is 5.91 Å². The number of nitriles is 1. The first-order valence-corrected chi connectivity index (χ1v) is 9.51. The van der Waals surface area contributed by atoms with E-state index in [0.29, 0.717) is 0 Å². The van der Waals surface area contributed by atoms with Crippen LogP contribution in [0.25, 0.3) is 0 Å². The van der Waals surface area contributed by atoms with E-state index in [-0.39, 0.29) is 34.0 Å². The maximum Gasteiger partial charge on any atom is 0.262 e. The molecule has 2 atom stereocenters. The Morgan fingerprint density at radius 2 is 2.17 bits per heavy atom. The summed E-state index contributed by atoms with van der Waals surface area (Å²) in [7, 11) is -3.20. The number of aliphatic imine (C=N–C) groups is 1. The summed E-state index contributed by atoms with van der Waals surface area (Å²) in [5, 5.41) is 8.52. The molecule has 0 N–H and O–H groups in total. The number of hydrogen-bond acceptors (Lipinski definition) is 5. The molecule has 2 heterocycles. The number of sulfone groups is 1. The lowest BCUT2D eigenvalue weighted by atomic mass is 10.2. The van der Waals surface area contributed by atoms with Crippen molar-refractivity contribution in [1.29, 1.82) is 5.26 Å². The first-order valence-electron chi connectivity index (χ1n) is 6.80. The highest BCUT2D eigenvalue weighted by atomic mass is 32.2. The van der Waals surface area contributed by atoms with Crippen molar-refractivity contribution >= 4 is 38.4 Å². The summed E-state index contributed by atoms with van der Waals surface area (Å²) in [6, 6.07) is 7.21. The van der Waals surface area contributed by atoms with Crippen molar-refractivity contribution in [2.24, 2.45) is 4.99 Å². The van der Waals surface area contributed by atoms with Gasteiger partial charge >= 0.3 is 0 Å². The van der Waals surface area contributed by atoms with Crippen molar-refractivity contribution in [2.45, 2.75) is 17.7 Å². The summed E-state index contributed by atoms with van der Waals surface area (Å²) >= 11 is 1.15. The molecule has 120 valence electrons. The van der Waals surface area contributed by atoms with Crippen LogP contribution in [0.4, 0.5) is 10.1 Å². The molecule has 9 heteroatoms. The normalized spacial score (nSPS) is 27.0. The molecule has 6 nitrogen and oxygen atoms in total. The molecule has 1 aromatic rings. The first kappa shape index (κ1) is 16.0. The molecule has 0 spiro atoms. The molecule has 1 amide bonds. The third-order valence-corrected chi connectivity index (χ3v) is 6.84. The van der Waals surface area contributed by atoms with E-state index in [1.165, 1.54) is 23.1 Å². The van der Waals surface area contributed by atoms with Gasteiger partial charge in [-0.1, -0.05) is 23.9 Å². The number of amides is 1. The van der Waals surface area contributed by atoms with Crippen LogP contribution in [0.1, 0.15) is 6.42 Å². The topological polar surface area (TPSA) is 90.6 Å². The molecule has 2 saturated heterocycles. The maximum atomic E-state index is 14.2. The Morgan fingerprint density at radius 1 is 1.43 bits per heavy atom. The van der Waals surface area contributed by atoms with Crippen LogP contribution in [-0.2, 0) is 14.6 Å². The van der Waals surface area contributed by atoms with Gasteiger partial charge in [-0.3, -0.25) is 4.79 Å². The Kier molecular flexibility index (Phi) is 4.12. The molecule has 3 rings (SSSR count). The number of carbonyl (C=O) groups is 1. The first-order chi connectivity index (χ1) is 10.9. The van der Waals surface area contributed by atoms with E-state index in [1.54, 1.807) is 12.1 Å². The number of benzene rings is 1. The average molecular weight is 353 g/mol. The number of carbonyl (C=O) groups excluding carboxylic acids is 1. The van der Waals surface area contributed by atoms with Crippen LogP contribution in [0.3, 0.4) is 0 Å². The molecular formula is C14H12FN3O3S2. The van der Waals surface area contributed by atoms with Gasteiger partial charge in [-0.25, -0.2) is 12.8 Å². The van der Waals surface area contributed by atoms with Crippen LogP contribution in [0.5, 0.6) is 0 Å². The van der Waals surface area contributed by atoms with Gasteiger partial charge in [0.2, 0.25) is 0 Å². The lowest BCUT2D eigenvalue weighted by molar-refractivity contribution is -0.116. The smallest absolute Gasteiger partial charge is 0.262 e. The van der Waals surface area contributed by atoms with Crippen LogP contribution in [0.15, 0.2) is 29.3 Å². The van der Waals surface area contributed by atoms with E-state index < -0.39 is 27.6 Å².